The first-order valence-corrected chi connectivity index (χ1v) is 9.95. The fraction of sp³-hybridized carbons (Fsp3) is 0.412. The molecule has 0 aliphatic carbocycles. The van der Waals surface area contributed by atoms with Gasteiger partial charge in [-0.3, -0.25) is 0 Å². The Morgan fingerprint density at radius 2 is 1.87 bits per heavy atom. The van der Waals surface area contributed by atoms with E-state index in [9.17, 15) is 8.42 Å². The molecule has 0 unspecified atom stereocenters. The van der Waals surface area contributed by atoms with Crippen molar-refractivity contribution in [2.45, 2.75) is 24.8 Å². The first-order chi connectivity index (χ1) is 10.9. The minimum absolute atomic E-state index is 0.374. The summed E-state index contributed by atoms with van der Waals surface area (Å²) in [4.78, 5) is 3.51. The van der Waals surface area contributed by atoms with Crippen molar-refractivity contribution in [2.24, 2.45) is 0 Å². The molecule has 1 heterocycles. The predicted octanol–water partition coefficient (Wildman–Crippen LogP) is 3.20. The van der Waals surface area contributed by atoms with Crippen LogP contribution in [-0.4, -0.2) is 44.8 Å². The van der Waals surface area contributed by atoms with E-state index in [-0.39, 0.29) is 0 Å². The highest BCUT2D eigenvalue weighted by atomic mass is 32.2. The maximum Gasteiger partial charge on any atom is 0.243 e. The van der Waals surface area contributed by atoms with E-state index < -0.39 is 10.0 Å². The van der Waals surface area contributed by atoms with Crippen molar-refractivity contribution in [3.63, 3.8) is 0 Å². The number of sulfonamides is 1. The molecule has 0 atom stereocenters. The molecule has 0 saturated carbocycles. The summed E-state index contributed by atoms with van der Waals surface area (Å²) in [7, 11) is 0.521. The summed E-state index contributed by atoms with van der Waals surface area (Å²) in [5.74, 6) is 0. The standard InChI is InChI=1S/C17H24N2O2S2/c1-15-7-4-9-17(13-15)23(20,21)19(11-6-10-18(2)3)14-16-8-5-12-22-16/h4-5,7-9,12-13H,6,10-11,14H2,1-3H3. The van der Waals surface area contributed by atoms with E-state index in [1.807, 2.05) is 44.6 Å². The normalized spacial score (nSPS) is 12.2. The number of thiophene rings is 1. The van der Waals surface area contributed by atoms with Crippen molar-refractivity contribution in [2.75, 3.05) is 27.2 Å². The third-order valence-electron chi connectivity index (χ3n) is 3.55. The van der Waals surface area contributed by atoms with Crippen LogP contribution in [0.4, 0.5) is 0 Å². The van der Waals surface area contributed by atoms with Gasteiger partial charge < -0.3 is 4.90 Å². The smallest absolute Gasteiger partial charge is 0.243 e. The van der Waals surface area contributed by atoms with Gasteiger partial charge >= 0.3 is 0 Å². The van der Waals surface area contributed by atoms with Gasteiger partial charge in [-0.1, -0.05) is 18.2 Å². The van der Waals surface area contributed by atoms with Gasteiger partial charge in [0.1, 0.15) is 0 Å². The zero-order valence-corrected chi connectivity index (χ0v) is 15.5. The molecule has 0 amide bonds. The van der Waals surface area contributed by atoms with Crippen molar-refractivity contribution in [3.8, 4) is 0 Å². The summed E-state index contributed by atoms with van der Waals surface area (Å²) in [5.41, 5.74) is 0.954. The molecule has 0 radical (unpaired) electrons. The Morgan fingerprint density at radius 1 is 1.09 bits per heavy atom. The number of rotatable bonds is 8. The Morgan fingerprint density at radius 3 is 2.48 bits per heavy atom. The largest absolute Gasteiger partial charge is 0.309 e. The van der Waals surface area contributed by atoms with Crippen LogP contribution >= 0.6 is 11.3 Å². The summed E-state index contributed by atoms with van der Waals surface area (Å²) in [6, 6.07) is 11.1. The molecule has 0 aliphatic rings. The molecule has 0 aliphatic heterocycles. The molecule has 0 saturated heterocycles. The first kappa shape index (κ1) is 18.1. The average molecular weight is 353 g/mol. The third kappa shape index (κ3) is 5.14. The summed E-state index contributed by atoms with van der Waals surface area (Å²) >= 11 is 1.59. The lowest BCUT2D eigenvalue weighted by molar-refractivity contribution is 0.347. The van der Waals surface area contributed by atoms with Crippen LogP contribution in [0.3, 0.4) is 0 Å². The second-order valence-corrected chi connectivity index (χ2v) is 8.86. The first-order valence-electron chi connectivity index (χ1n) is 7.63. The van der Waals surface area contributed by atoms with Gasteiger partial charge in [0, 0.05) is 18.0 Å². The van der Waals surface area contributed by atoms with E-state index in [1.54, 1.807) is 33.8 Å². The third-order valence-corrected chi connectivity index (χ3v) is 6.25. The zero-order valence-electron chi connectivity index (χ0n) is 13.9. The van der Waals surface area contributed by atoms with Gasteiger partial charge in [-0.2, -0.15) is 4.31 Å². The van der Waals surface area contributed by atoms with Crippen LogP contribution in [0.5, 0.6) is 0 Å². The van der Waals surface area contributed by atoms with Gasteiger partial charge in [-0.15, -0.1) is 11.3 Å². The van der Waals surface area contributed by atoms with Crippen LogP contribution in [-0.2, 0) is 16.6 Å². The van der Waals surface area contributed by atoms with Gasteiger partial charge in [0.2, 0.25) is 10.0 Å². The molecular formula is C17H24N2O2S2. The van der Waals surface area contributed by atoms with Crippen molar-refractivity contribution >= 4 is 21.4 Å². The van der Waals surface area contributed by atoms with Gasteiger partial charge in [0.05, 0.1) is 4.90 Å². The van der Waals surface area contributed by atoms with E-state index in [0.717, 1.165) is 23.4 Å². The van der Waals surface area contributed by atoms with Gasteiger partial charge in [0.25, 0.3) is 0 Å². The lowest BCUT2D eigenvalue weighted by atomic mass is 10.2. The Hall–Kier alpha value is -1.21. The minimum Gasteiger partial charge on any atom is -0.309 e. The Kier molecular flexibility index (Phi) is 6.35. The van der Waals surface area contributed by atoms with Gasteiger partial charge in [-0.05, 0) is 63.1 Å². The monoisotopic (exact) mass is 352 g/mol. The number of nitrogens with zero attached hydrogens (tertiary/aromatic N) is 2. The van der Waals surface area contributed by atoms with E-state index in [2.05, 4.69) is 4.90 Å². The highest BCUT2D eigenvalue weighted by Gasteiger charge is 2.24. The Labute approximate surface area is 143 Å². The van der Waals surface area contributed by atoms with E-state index in [1.165, 1.54) is 0 Å². The van der Waals surface area contributed by atoms with E-state index in [0.29, 0.717) is 18.0 Å². The summed E-state index contributed by atoms with van der Waals surface area (Å²) in [6.07, 6.45) is 0.809. The molecule has 126 valence electrons. The SMILES string of the molecule is Cc1cccc(S(=O)(=O)N(CCCN(C)C)Cc2cccs2)c1. The topological polar surface area (TPSA) is 40.6 Å². The maximum atomic E-state index is 13.0. The maximum absolute atomic E-state index is 13.0. The fourth-order valence-corrected chi connectivity index (χ4v) is 4.71. The Bertz CT molecular complexity index is 710. The fourth-order valence-electron chi connectivity index (χ4n) is 2.35. The molecule has 1 aromatic carbocycles. The van der Waals surface area contributed by atoms with Gasteiger partial charge in [0.15, 0.2) is 0 Å². The highest BCUT2D eigenvalue weighted by Crippen LogP contribution is 2.21. The summed E-state index contributed by atoms with van der Waals surface area (Å²) in [6.45, 7) is 3.73. The summed E-state index contributed by atoms with van der Waals surface area (Å²) < 4.78 is 27.6. The molecule has 4 nitrogen and oxygen atoms in total. The number of benzene rings is 1. The molecular weight excluding hydrogens is 328 g/mol. The highest BCUT2D eigenvalue weighted by molar-refractivity contribution is 7.89. The molecule has 0 bridgehead atoms. The molecule has 2 aromatic rings. The summed E-state index contributed by atoms with van der Waals surface area (Å²) in [5, 5.41) is 1.98. The van der Waals surface area contributed by atoms with Crippen molar-refractivity contribution in [3.05, 3.63) is 52.2 Å². The Balaban J connectivity index is 2.23. The van der Waals surface area contributed by atoms with Gasteiger partial charge in [-0.25, -0.2) is 8.42 Å². The second kappa shape index (κ2) is 8.06. The lowest BCUT2D eigenvalue weighted by Crippen LogP contribution is -2.33. The average Bonchev–Trinajstić information content (AvgIpc) is 2.99. The minimum atomic E-state index is -3.48. The zero-order chi connectivity index (χ0) is 16.9. The van der Waals surface area contributed by atoms with Crippen LogP contribution < -0.4 is 0 Å². The van der Waals surface area contributed by atoms with Crippen LogP contribution in [0.15, 0.2) is 46.7 Å². The van der Waals surface area contributed by atoms with Crippen molar-refractivity contribution in [1.29, 1.82) is 0 Å². The van der Waals surface area contributed by atoms with Crippen LogP contribution in [0.2, 0.25) is 0 Å². The molecule has 0 fully saturated rings. The van der Waals surface area contributed by atoms with Crippen LogP contribution in [0.25, 0.3) is 0 Å². The molecule has 2 rings (SSSR count). The number of hydrogen-bond donors (Lipinski definition) is 0. The molecule has 23 heavy (non-hydrogen) atoms. The molecule has 1 aromatic heterocycles. The van der Waals surface area contributed by atoms with Crippen molar-refractivity contribution < 1.29 is 8.42 Å². The van der Waals surface area contributed by atoms with Crippen LogP contribution in [0, 0.1) is 6.92 Å². The van der Waals surface area contributed by atoms with Crippen LogP contribution in [0.1, 0.15) is 16.9 Å². The predicted molar refractivity (Wildman–Crippen MR) is 96.3 cm³/mol. The number of aryl methyl sites for hydroxylation is 1. The van der Waals surface area contributed by atoms with E-state index >= 15 is 0 Å². The molecule has 0 N–H and O–H groups in total. The van der Waals surface area contributed by atoms with Crippen molar-refractivity contribution in [1.82, 2.24) is 9.21 Å². The lowest BCUT2D eigenvalue weighted by Gasteiger charge is -2.22. The quantitative estimate of drug-likeness (QED) is 0.732. The molecule has 6 heteroatoms. The number of hydrogen-bond acceptors (Lipinski definition) is 4. The second-order valence-electron chi connectivity index (χ2n) is 5.89. The molecule has 0 spiro atoms. The van der Waals surface area contributed by atoms with E-state index in [4.69, 9.17) is 0 Å².